The van der Waals surface area contributed by atoms with Crippen LogP contribution in [0.25, 0.3) is 22.5 Å². The number of nitrogens with one attached hydrogen (secondary N) is 1. The summed E-state index contributed by atoms with van der Waals surface area (Å²) in [5.74, 6) is 0.821. The molecule has 1 atom stereocenters. The summed E-state index contributed by atoms with van der Waals surface area (Å²) in [5, 5.41) is 15.2. The van der Waals surface area contributed by atoms with E-state index in [0.29, 0.717) is 28.2 Å². The van der Waals surface area contributed by atoms with E-state index in [1.807, 2.05) is 22.8 Å². The summed E-state index contributed by atoms with van der Waals surface area (Å²) >= 11 is 4.48. The molecular weight excluding hydrogens is 549 g/mol. The lowest BCUT2D eigenvalue weighted by Crippen LogP contribution is -2.17. The van der Waals surface area contributed by atoms with Gasteiger partial charge in [-0.05, 0) is 43.2 Å². The molecule has 1 amide bonds. The van der Waals surface area contributed by atoms with Gasteiger partial charge in [-0.25, -0.2) is 4.79 Å². The maximum absolute atomic E-state index is 13.1. The Balaban J connectivity index is 1.37. The molecule has 0 spiro atoms. The van der Waals surface area contributed by atoms with Crippen LogP contribution in [0.3, 0.4) is 0 Å². The van der Waals surface area contributed by atoms with E-state index in [1.54, 1.807) is 17.4 Å². The number of rotatable bonds is 9. The molecule has 1 aliphatic rings. The summed E-state index contributed by atoms with van der Waals surface area (Å²) in [6.45, 7) is 8.75. The Kier molecular flexibility index (Phi) is 8.34. The Labute approximate surface area is 240 Å². The van der Waals surface area contributed by atoms with E-state index in [9.17, 15) is 9.59 Å². The number of anilines is 1. The number of esters is 1. The van der Waals surface area contributed by atoms with Gasteiger partial charge in [-0.1, -0.05) is 55.1 Å². The van der Waals surface area contributed by atoms with Gasteiger partial charge in [-0.2, -0.15) is 0 Å². The first-order valence-corrected chi connectivity index (χ1v) is 15.4. The Morgan fingerprint density at radius 3 is 2.82 bits per heavy atom. The SMILES string of the molecule is C=CCn1c(SCC(=O)Nc2sc3c(c2C(=O)OC)CCC(C)C3)nnc1-c1csc(C)c1-c1ccccc1. The minimum Gasteiger partial charge on any atom is -0.465 e. The van der Waals surface area contributed by atoms with E-state index in [-0.39, 0.29) is 11.7 Å². The first kappa shape index (κ1) is 27.4. The number of nitrogens with zero attached hydrogens (tertiary/aromatic N) is 3. The van der Waals surface area contributed by atoms with Crippen molar-refractivity contribution in [2.45, 2.75) is 44.8 Å². The van der Waals surface area contributed by atoms with Crippen molar-refractivity contribution in [1.29, 1.82) is 0 Å². The van der Waals surface area contributed by atoms with Crippen molar-refractivity contribution in [3.63, 3.8) is 0 Å². The molecule has 0 aliphatic heterocycles. The van der Waals surface area contributed by atoms with Crippen molar-refractivity contribution in [1.82, 2.24) is 14.8 Å². The van der Waals surface area contributed by atoms with Crippen LogP contribution in [-0.4, -0.2) is 39.5 Å². The van der Waals surface area contributed by atoms with Crippen LogP contribution < -0.4 is 5.32 Å². The third-order valence-corrected chi connectivity index (χ3v) is 9.84. The van der Waals surface area contributed by atoms with Gasteiger partial charge in [0.25, 0.3) is 0 Å². The minimum absolute atomic E-state index is 0.128. The highest BCUT2D eigenvalue weighted by Crippen LogP contribution is 2.41. The molecule has 10 heteroatoms. The molecule has 5 rings (SSSR count). The third-order valence-electron chi connectivity index (χ3n) is 6.79. The third kappa shape index (κ3) is 5.59. The largest absolute Gasteiger partial charge is 0.465 e. The number of fused-ring (bicyclic) bond motifs is 1. The zero-order chi connectivity index (χ0) is 27.5. The lowest BCUT2D eigenvalue weighted by atomic mass is 9.88. The first-order chi connectivity index (χ1) is 18.9. The predicted molar refractivity (Wildman–Crippen MR) is 160 cm³/mol. The Bertz CT molecular complexity index is 1520. The molecule has 4 aromatic rings. The van der Waals surface area contributed by atoms with Gasteiger partial charge in [-0.3, -0.25) is 9.36 Å². The number of thioether (sulfide) groups is 1. The summed E-state index contributed by atoms with van der Waals surface area (Å²) < 4.78 is 7.04. The number of benzene rings is 1. The maximum atomic E-state index is 13.1. The molecular formula is C29H30N4O3S3. The second kappa shape index (κ2) is 11.9. The molecule has 1 aliphatic carbocycles. The highest BCUT2D eigenvalue weighted by Gasteiger charge is 2.29. The zero-order valence-electron chi connectivity index (χ0n) is 22.2. The summed E-state index contributed by atoms with van der Waals surface area (Å²) in [7, 11) is 1.38. The average Bonchev–Trinajstić information content (AvgIpc) is 3.62. The fourth-order valence-electron chi connectivity index (χ4n) is 4.92. The van der Waals surface area contributed by atoms with Crippen LogP contribution in [0.1, 0.15) is 39.0 Å². The summed E-state index contributed by atoms with van der Waals surface area (Å²) in [4.78, 5) is 28.0. The van der Waals surface area contributed by atoms with Crippen molar-refractivity contribution in [3.8, 4) is 22.5 Å². The van der Waals surface area contributed by atoms with Crippen molar-refractivity contribution in [3.05, 3.63) is 69.2 Å². The topological polar surface area (TPSA) is 86.1 Å². The number of methoxy groups -OCH3 is 1. The van der Waals surface area contributed by atoms with Gasteiger partial charge in [0, 0.05) is 32.8 Å². The molecule has 1 N–H and O–H groups in total. The second-order valence-corrected chi connectivity index (χ2v) is 12.7. The van der Waals surface area contributed by atoms with Gasteiger partial charge in [-0.15, -0.1) is 39.4 Å². The van der Waals surface area contributed by atoms with Crippen molar-refractivity contribution in [2.24, 2.45) is 5.92 Å². The molecule has 3 heterocycles. The Morgan fingerprint density at radius 1 is 1.28 bits per heavy atom. The van der Waals surface area contributed by atoms with Gasteiger partial charge in [0.2, 0.25) is 5.91 Å². The van der Waals surface area contributed by atoms with Gasteiger partial charge < -0.3 is 10.1 Å². The number of allylic oxidation sites excluding steroid dienone is 1. The normalized spacial score (nSPS) is 14.6. The number of carbonyl (C=O) groups is 2. The standard InChI is InChI=1S/C29H30N4O3S3/c1-5-13-33-26(21-15-37-18(3)24(21)19-9-7-6-8-10-19)31-32-29(33)38-16-23(34)30-27-25(28(35)36-4)20-12-11-17(2)14-22(20)39-27/h5-10,15,17H,1,11-14,16H2,2-4H3,(H,30,34). The number of ether oxygens (including phenoxy) is 1. The molecule has 0 saturated carbocycles. The van der Waals surface area contributed by atoms with Crippen molar-refractivity contribution in [2.75, 3.05) is 18.2 Å². The monoisotopic (exact) mass is 578 g/mol. The second-order valence-electron chi connectivity index (χ2n) is 9.54. The minimum atomic E-state index is -0.402. The van der Waals surface area contributed by atoms with Crippen LogP contribution in [0.5, 0.6) is 0 Å². The average molecular weight is 579 g/mol. The van der Waals surface area contributed by atoms with Crippen LogP contribution in [0.15, 0.2) is 53.5 Å². The van der Waals surface area contributed by atoms with Gasteiger partial charge in [0.1, 0.15) is 5.00 Å². The zero-order valence-corrected chi connectivity index (χ0v) is 24.6. The molecule has 7 nitrogen and oxygen atoms in total. The summed E-state index contributed by atoms with van der Waals surface area (Å²) in [6, 6.07) is 10.3. The number of amides is 1. The lowest BCUT2D eigenvalue weighted by Gasteiger charge is -2.18. The number of aryl methyl sites for hydroxylation is 1. The highest BCUT2D eigenvalue weighted by atomic mass is 32.2. The summed E-state index contributed by atoms with van der Waals surface area (Å²) in [5.41, 5.74) is 4.79. The molecule has 1 unspecified atom stereocenters. The maximum Gasteiger partial charge on any atom is 0.341 e. The quantitative estimate of drug-likeness (QED) is 0.133. The molecule has 39 heavy (non-hydrogen) atoms. The van der Waals surface area contributed by atoms with Gasteiger partial charge >= 0.3 is 5.97 Å². The number of hydrogen-bond donors (Lipinski definition) is 1. The molecule has 0 fully saturated rings. The molecule has 0 bridgehead atoms. The summed E-state index contributed by atoms with van der Waals surface area (Å²) in [6.07, 6.45) is 4.56. The molecule has 0 radical (unpaired) electrons. The van der Waals surface area contributed by atoms with E-state index in [0.717, 1.165) is 52.2 Å². The van der Waals surface area contributed by atoms with Crippen LogP contribution >= 0.6 is 34.4 Å². The first-order valence-electron chi connectivity index (χ1n) is 12.7. The number of aromatic nitrogens is 3. The van der Waals surface area contributed by atoms with E-state index in [1.165, 1.54) is 35.1 Å². The lowest BCUT2D eigenvalue weighted by molar-refractivity contribution is -0.113. The number of carbonyl (C=O) groups excluding carboxylic acids is 2. The van der Waals surface area contributed by atoms with Gasteiger partial charge in [0.05, 0.1) is 18.4 Å². The number of thiophene rings is 2. The smallest absolute Gasteiger partial charge is 0.341 e. The predicted octanol–water partition coefficient (Wildman–Crippen LogP) is 6.87. The fourth-order valence-corrected chi connectivity index (χ4v) is 7.95. The van der Waals surface area contributed by atoms with Crippen LogP contribution in [0.4, 0.5) is 5.00 Å². The Morgan fingerprint density at radius 2 is 2.08 bits per heavy atom. The van der Waals surface area contributed by atoms with Crippen LogP contribution in [-0.2, 0) is 28.9 Å². The van der Waals surface area contributed by atoms with Gasteiger partial charge in [0.15, 0.2) is 11.0 Å². The fraction of sp³-hybridized carbons (Fsp3) is 0.310. The molecule has 0 saturated heterocycles. The van der Waals surface area contributed by atoms with Crippen LogP contribution in [0.2, 0.25) is 0 Å². The van der Waals surface area contributed by atoms with Crippen molar-refractivity contribution < 1.29 is 14.3 Å². The van der Waals surface area contributed by atoms with E-state index in [4.69, 9.17) is 4.74 Å². The molecule has 1 aromatic carbocycles. The molecule has 3 aromatic heterocycles. The Hall–Kier alpha value is -3.21. The van der Waals surface area contributed by atoms with E-state index in [2.05, 4.69) is 53.5 Å². The number of hydrogen-bond acceptors (Lipinski definition) is 8. The van der Waals surface area contributed by atoms with Crippen molar-refractivity contribution >= 4 is 51.3 Å². The molecule has 202 valence electrons. The van der Waals surface area contributed by atoms with Crippen LogP contribution in [0, 0.1) is 12.8 Å². The van der Waals surface area contributed by atoms with E-state index < -0.39 is 5.97 Å². The highest BCUT2D eigenvalue weighted by molar-refractivity contribution is 7.99. The van der Waals surface area contributed by atoms with E-state index >= 15 is 0 Å².